The number of rotatable bonds is 3. The Morgan fingerprint density at radius 2 is 1.83 bits per heavy atom. The van der Waals surface area contributed by atoms with Gasteiger partial charge in [0.05, 0.1) is 0 Å². The summed E-state index contributed by atoms with van der Waals surface area (Å²) in [6.45, 7) is 13.9. The fourth-order valence-electron chi connectivity index (χ4n) is 3.81. The van der Waals surface area contributed by atoms with Crippen LogP contribution in [0, 0.1) is 6.92 Å². The Morgan fingerprint density at radius 1 is 1.17 bits per heavy atom. The summed E-state index contributed by atoms with van der Waals surface area (Å²) in [7, 11) is 2.10. The average Bonchev–Trinajstić information content (AvgIpc) is 2.91. The van der Waals surface area contributed by atoms with Crippen LogP contribution in [0.25, 0.3) is 0 Å². The van der Waals surface area contributed by atoms with Crippen LogP contribution in [0.15, 0.2) is 12.3 Å². The van der Waals surface area contributed by atoms with Crippen molar-refractivity contribution in [2.45, 2.75) is 71.6 Å². The van der Waals surface area contributed by atoms with Gasteiger partial charge in [-0.2, -0.15) is 0 Å². The number of hydrogen-bond donors (Lipinski definition) is 0. The molecule has 4 heteroatoms. The molecule has 0 bridgehead atoms. The summed E-state index contributed by atoms with van der Waals surface area (Å²) in [4.78, 5) is 12.9. The lowest BCUT2D eigenvalue weighted by atomic mass is 9.66. The summed E-state index contributed by atoms with van der Waals surface area (Å²) >= 11 is 1.93. The average molecular weight is 344 g/mol. The largest absolute Gasteiger partial charge is 0.305 e. The van der Waals surface area contributed by atoms with Gasteiger partial charge in [-0.3, -0.25) is 0 Å². The lowest BCUT2D eigenvalue weighted by Gasteiger charge is -2.39. The third-order valence-corrected chi connectivity index (χ3v) is 7.19. The van der Waals surface area contributed by atoms with Gasteiger partial charge in [0.25, 0.3) is 0 Å². The van der Waals surface area contributed by atoms with Crippen molar-refractivity contribution in [1.29, 1.82) is 0 Å². The topological polar surface area (TPSA) is 29.0 Å². The number of thiophene rings is 1. The Bertz CT molecular complexity index is 758. The summed E-state index contributed by atoms with van der Waals surface area (Å²) in [6, 6.07) is 2.00. The van der Waals surface area contributed by atoms with Crippen molar-refractivity contribution in [2.75, 3.05) is 11.9 Å². The van der Waals surface area contributed by atoms with Crippen molar-refractivity contribution in [1.82, 2.24) is 9.97 Å². The van der Waals surface area contributed by atoms with E-state index in [2.05, 4.69) is 58.5 Å². The van der Waals surface area contributed by atoms with E-state index >= 15 is 0 Å². The summed E-state index contributed by atoms with van der Waals surface area (Å²) < 4.78 is 0. The molecule has 0 saturated heterocycles. The number of anilines is 2. The van der Waals surface area contributed by atoms with Crippen molar-refractivity contribution in [3.63, 3.8) is 0 Å². The lowest BCUT2D eigenvalue weighted by molar-refractivity contribution is 0.337. The van der Waals surface area contributed by atoms with E-state index in [9.17, 15) is 0 Å². The molecule has 0 fully saturated rings. The lowest BCUT2D eigenvalue weighted by Crippen LogP contribution is -2.32. The molecule has 0 atom stereocenters. The molecule has 0 amide bonds. The van der Waals surface area contributed by atoms with Crippen LogP contribution in [-0.2, 0) is 17.3 Å². The third kappa shape index (κ3) is 2.75. The zero-order chi connectivity index (χ0) is 17.7. The van der Waals surface area contributed by atoms with Gasteiger partial charge in [-0.25, -0.2) is 9.97 Å². The van der Waals surface area contributed by atoms with E-state index in [1.165, 1.54) is 23.4 Å². The van der Waals surface area contributed by atoms with Crippen LogP contribution in [0.5, 0.6) is 0 Å². The van der Waals surface area contributed by atoms with Crippen LogP contribution in [0.1, 0.15) is 69.2 Å². The Morgan fingerprint density at radius 3 is 2.46 bits per heavy atom. The fraction of sp³-hybridized carbons (Fsp3) is 0.600. The predicted molar refractivity (Wildman–Crippen MR) is 104 cm³/mol. The zero-order valence-electron chi connectivity index (χ0n) is 16.0. The maximum atomic E-state index is 4.71. The van der Waals surface area contributed by atoms with Gasteiger partial charge in [0.2, 0.25) is 5.95 Å². The maximum absolute atomic E-state index is 4.71. The second-order valence-corrected chi connectivity index (χ2v) is 9.26. The Kier molecular flexibility index (Phi) is 4.23. The molecule has 3 rings (SSSR count). The van der Waals surface area contributed by atoms with E-state index in [0.29, 0.717) is 0 Å². The zero-order valence-corrected chi connectivity index (χ0v) is 16.8. The number of fused-ring (bicyclic) bond motifs is 1. The number of aromatic nitrogens is 2. The molecule has 1 aliphatic carbocycles. The highest BCUT2D eigenvalue weighted by Crippen LogP contribution is 2.53. The first kappa shape index (κ1) is 17.4. The van der Waals surface area contributed by atoms with E-state index in [-0.39, 0.29) is 10.8 Å². The molecule has 24 heavy (non-hydrogen) atoms. The molecule has 0 unspecified atom stereocenters. The van der Waals surface area contributed by atoms with Crippen LogP contribution >= 0.6 is 11.3 Å². The minimum absolute atomic E-state index is 0.247. The highest BCUT2D eigenvalue weighted by molar-refractivity contribution is 7.16. The second kappa shape index (κ2) is 5.83. The van der Waals surface area contributed by atoms with E-state index in [4.69, 9.17) is 4.98 Å². The van der Waals surface area contributed by atoms with E-state index in [1.54, 1.807) is 10.4 Å². The van der Waals surface area contributed by atoms with Crippen molar-refractivity contribution < 1.29 is 0 Å². The second-order valence-electron chi connectivity index (χ2n) is 8.26. The van der Waals surface area contributed by atoms with E-state index < -0.39 is 0 Å². The van der Waals surface area contributed by atoms with Gasteiger partial charge in [-0.15, -0.1) is 11.3 Å². The molecule has 130 valence electrons. The van der Waals surface area contributed by atoms with Crippen LogP contribution in [0.2, 0.25) is 0 Å². The number of hydrogen-bond acceptors (Lipinski definition) is 4. The summed E-state index contributed by atoms with van der Waals surface area (Å²) in [5.74, 6) is 0.798. The highest BCUT2D eigenvalue weighted by atomic mass is 32.1. The number of aryl methyl sites for hydroxylation is 1. The number of nitrogens with zero attached hydrogens (tertiary/aromatic N) is 3. The van der Waals surface area contributed by atoms with Gasteiger partial charge in [0.15, 0.2) is 0 Å². The fourth-order valence-corrected chi connectivity index (χ4v) is 5.39. The van der Waals surface area contributed by atoms with E-state index in [1.807, 2.05) is 23.6 Å². The van der Waals surface area contributed by atoms with Crippen molar-refractivity contribution in [2.24, 2.45) is 0 Å². The predicted octanol–water partition coefficient (Wildman–Crippen LogP) is 5.53. The molecule has 2 heterocycles. The monoisotopic (exact) mass is 343 g/mol. The van der Waals surface area contributed by atoms with Crippen LogP contribution in [-0.4, -0.2) is 17.0 Å². The minimum atomic E-state index is 0.247. The molecule has 0 aromatic carbocycles. The third-order valence-electron chi connectivity index (χ3n) is 5.46. The van der Waals surface area contributed by atoms with Gasteiger partial charge in [0, 0.05) is 23.8 Å². The van der Waals surface area contributed by atoms with Gasteiger partial charge in [-0.05, 0) is 54.2 Å². The molecule has 3 nitrogen and oxygen atoms in total. The Labute approximate surface area is 150 Å². The molecule has 2 aromatic rings. The van der Waals surface area contributed by atoms with Crippen LogP contribution < -0.4 is 4.90 Å². The van der Waals surface area contributed by atoms with Crippen molar-refractivity contribution in [3.8, 4) is 0 Å². The molecule has 0 spiro atoms. The quantitative estimate of drug-likeness (QED) is 0.734. The molecule has 0 radical (unpaired) electrons. The highest BCUT2D eigenvalue weighted by Gasteiger charge is 2.41. The smallest absolute Gasteiger partial charge is 0.230 e. The molecule has 1 aliphatic rings. The summed E-state index contributed by atoms with van der Waals surface area (Å²) in [5.41, 5.74) is 4.55. The van der Waals surface area contributed by atoms with Crippen LogP contribution in [0.3, 0.4) is 0 Å². The Balaban J connectivity index is 2.11. The molecular weight excluding hydrogens is 314 g/mol. The van der Waals surface area contributed by atoms with Crippen molar-refractivity contribution >= 4 is 22.3 Å². The molecular formula is C20H29N3S. The van der Waals surface area contributed by atoms with Crippen molar-refractivity contribution in [3.05, 3.63) is 34.0 Å². The van der Waals surface area contributed by atoms with Gasteiger partial charge in [0.1, 0.15) is 5.00 Å². The first-order valence-electron chi connectivity index (χ1n) is 8.87. The maximum Gasteiger partial charge on any atom is 0.230 e. The first-order valence-corrected chi connectivity index (χ1v) is 9.69. The molecule has 2 aromatic heterocycles. The molecule has 0 aliphatic heterocycles. The van der Waals surface area contributed by atoms with Gasteiger partial charge >= 0.3 is 0 Å². The molecule has 0 saturated carbocycles. The minimum Gasteiger partial charge on any atom is -0.305 e. The SMILES string of the molecule is CCc1ccnc(N(C)c2sc3c(c2C)C(C)(C)CCC3(C)C)n1. The summed E-state index contributed by atoms with van der Waals surface area (Å²) in [6.07, 6.45) is 5.30. The Hall–Kier alpha value is -1.42. The standard InChI is InChI=1S/C20H29N3S/c1-8-14-9-12-21-18(22-14)23(7)17-13(2)15-16(24-17)20(5,6)11-10-19(15,3)4/h9,12H,8,10-11H2,1-7H3. The molecule has 0 N–H and O–H groups in total. The first-order chi connectivity index (χ1) is 11.2. The summed E-state index contributed by atoms with van der Waals surface area (Å²) in [5, 5.41) is 1.29. The normalized spacial score (nSPS) is 18.3. The van der Waals surface area contributed by atoms with Crippen LogP contribution in [0.4, 0.5) is 10.9 Å². The van der Waals surface area contributed by atoms with Gasteiger partial charge in [-0.1, -0.05) is 34.6 Å². The van der Waals surface area contributed by atoms with Gasteiger partial charge < -0.3 is 4.90 Å². The van der Waals surface area contributed by atoms with E-state index in [0.717, 1.165) is 18.1 Å².